The van der Waals surface area contributed by atoms with Crippen molar-refractivity contribution >= 4 is 22.9 Å². The topological polar surface area (TPSA) is 42.7 Å². The van der Waals surface area contributed by atoms with E-state index >= 15 is 0 Å². The summed E-state index contributed by atoms with van der Waals surface area (Å²) in [5, 5.41) is 11.1. The van der Waals surface area contributed by atoms with Crippen LogP contribution >= 0.6 is 22.9 Å². The number of nitrogens with one attached hydrogen (secondary N) is 1. The van der Waals surface area contributed by atoms with E-state index in [1.165, 1.54) is 4.88 Å². The molecule has 0 bridgehead atoms. The lowest BCUT2D eigenvalue weighted by atomic mass is 10.4. The molecule has 0 amide bonds. The molecule has 0 radical (unpaired) electrons. The summed E-state index contributed by atoms with van der Waals surface area (Å²) in [6.45, 7) is 1.47. The van der Waals surface area contributed by atoms with E-state index in [-0.39, 0.29) is 0 Å². The molecule has 2 aromatic rings. The van der Waals surface area contributed by atoms with Crippen LogP contribution in [0.25, 0.3) is 0 Å². The zero-order valence-electron chi connectivity index (χ0n) is 8.27. The van der Waals surface area contributed by atoms with Gasteiger partial charge in [0.05, 0.1) is 22.8 Å². The Hall–Kier alpha value is -0.910. The summed E-state index contributed by atoms with van der Waals surface area (Å²) in [4.78, 5) is 1.18. The summed E-state index contributed by atoms with van der Waals surface area (Å²) in [5.74, 6) is 0. The summed E-state index contributed by atoms with van der Waals surface area (Å²) in [5.41, 5.74) is 0.945. The number of hydrogen-bond acceptors (Lipinski definition) is 4. The van der Waals surface area contributed by atoms with Gasteiger partial charge < -0.3 is 5.32 Å². The van der Waals surface area contributed by atoms with Gasteiger partial charge in [0.2, 0.25) is 0 Å². The van der Waals surface area contributed by atoms with Crippen molar-refractivity contribution in [3.05, 3.63) is 33.2 Å². The third-order valence-corrected chi connectivity index (χ3v) is 3.11. The van der Waals surface area contributed by atoms with Gasteiger partial charge in [0.1, 0.15) is 0 Å². The maximum Gasteiger partial charge on any atom is 0.0964 e. The quantitative estimate of drug-likeness (QED) is 0.889. The van der Waals surface area contributed by atoms with Gasteiger partial charge in [-0.25, -0.2) is 4.68 Å². The zero-order chi connectivity index (χ0) is 10.7. The van der Waals surface area contributed by atoms with Gasteiger partial charge in [-0.2, -0.15) is 0 Å². The predicted molar refractivity (Wildman–Crippen MR) is 61.2 cm³/mol. The number of thiophene rings is 1. The average Bonchev–Trinajstić information content (AvgIpc) is 2.78. The highest BCUT2D eigenvalue weighted by atomic mass is 35.5. The fourth-order valence-electron chi connectivity index (χ4n) is 1.27. The van der Waals surface area contributed by atoms with Gasteiger partial charge in [-0.15, -0.1) is 16.4 Å². The third-order valence-electron chi connectivity index (χ3n) is 1.89. The van der Waals surface area contributed by atoms with E-state index in [4.69, 9.17) is 11.6 Å². The molecule has 0 spiro atoms. The van der Waals surface area contributed by atoms with Crippen LogP contribution in [-0.2, 0) is 13.1 Å². The standard InChI is InChI=1S/C9H11ClN4S/c1-11-4-7-5-14(13-12-7)6-8-2-3-9(10)15-8/h2-3,5,11H,4,6H2,1H3. The number of hydrogen-bond donors (Lipinski definition) is 1. The second kappa shape index (κ2) is 4.74. The van der Waals surface area contributed by atoms with Crippen LogP contribution in [0.4, 0.5) is 0 Å². The number of aromatic nitrogens is 3. The number of rotatable bonds is 4. The van der Waals surface area contributed by atoms with Crippen LogP contribution in [-0.4, -0.2) is 22.0 Å². The van der Waals surface area contributed by atoms with Crippen LogP contribution in [0.5, 0.6) is 0 Å². The molecule has 1 N–H and O–H groups in total. The molecular formula is C9H11ClN4S. The first kappa shape index (κ1) is 10.6. The Morgan fingerprint density at radius 2 is 2.40 bits per heavy atom. The van der Waals surface area contributed by atoms with Crippen LogP contribution < -0.4 is 5.32 Å². The first-order valence-electron chi connectivity index (χ1n) is 4.56. The first-order valence-corrected chi connectivity index (χ1v) is 5.75. The Morgan fingerprint density at radius 1 is 1.53 bits per heavy atom. The van der Waals surface area contributed by atoms with Gasteiger partial charge in [0, 0.05) is 11.4 Å². The highest BCUT2D eigenvalue weighted by Gasteiger charge is 2.02. The highest BCUT2D eigenvalue weighted by molar-refractivity contribution is 7.16. The fraction of sp³-hybridized carbons (Fsp3) is 0.333. The molecule has 0 aliphatic rings. The Labute approximate surface area is 96.9 Å². The van der Waals surface area contributed by atoms with Crippen LogP contribution in [0.15, 0.2) is 18.3 Å². The molecule has 0 aliphatic carbocycles. The summed E-state index contributed by atoms with van der Waals surface area (Å²) in [6, 6.07) is 3.90. The minimum Gasteiger partial charge on any atom is -0.314 e. The van der Waals surface area contributed by atoms with E-state index in [0.29, 0.717) is 0 Å². The summed E-state index contributed by atoms with van der Waals surface area (Å²) < 4.78 is 2.62. The second-order valence-corrected chi connectivity index (χ2v) is 4.94. The van der Waals surface area contributed by atoms with Crippen LogP contribution in [0, 0.1) is 0 Å². The van der Waals surface area contributed by atoms with E-state index in [9.17, 15) is 0 Å². The molecular weight excluding hydrogens is 232 g/mol. The Morgan fingerprint density at radius 3 is 3.07 bits per heavy atom. The molecule has 0 unspecified atom stereocenters. The SMILES string of the molecule is CNCc1cn(Cc2ccc(Cl)s2)nn1. The molecule has 4 nitrogen and oxygen atoms in total. The van der Waals surface area contributed by atoms with Crippen molar-refractivity contribution in [3.63, 3.8) is 0 Å². The largest absolute Gasteiger partial charge is 0.314 e. The molecule has 2 aromatic heterocycles. The molecule has 0 atom stereocenters. The van der Waals surface area contributed by atoms with Crippen molar-refractivity contribution < 1.29 is 0 Å². The second-order valence-electron chi connectivity index (χ2n) is 3.14. The van der Waals surface area contributed by atoms with Crippen molar-refractivity contribution in [2.45, 2.75) is 13.1 Å². The lowest BCUT2D eigenvalue weighted by molar-refractivity contribution is 0.655. The van der Waals surface area contributed by atoms with Crippen molar-refractivity contribution in [2.24, 2.45) is 0 Å². The van der Waals surface area contributed by atoms with Gasteiger partial charge in [-0.3, -0.25) is 0 Å². The van der Waals surface area contributed by atoms with Crippen molar-refractivity contribution in [1.82, 2.24) is 20.3 Å². The molecule has 0 saturated heterocycles. The first-order chi connectivity index (χ1) is 7.28. The summed E-state index contributed by atoms with van der Waals surface area (Å²) in [7, 11) is 1.89. The Kier molecular flexibility index (Phi) is 3.35. The van der Waals surface area contributed by atoms with E-state index < -0.39 is 0 Å². The summed E-state index contributed by atoms with van der Waals surface area (Å²) >= 11 is 7.41. The molecule has 2 rings (SSSR count). The van der Waals surface area contributed by atoms with Gasteiger partial charge in [0.15, 0.2) is 0 Å². The minimum absolute atomic E-state index is 0.730. The molecule has 2 heterocycles. The molecule has 0 fully saturated rings. The van der Waals surface area contributed by atoms with Crippen molar-refractivity contribution in [1.29, 1.82) is 0 Å². The Bertz CT molecular complexity index is 437. The number of nitrogens with zero attached hydrogens (tertiary/aromatic N) is 3. The van der Waals surface area contributed by atoms with Gasteiger partial charge in [-0.05, 0) is 19.2 Å². The maximum atomic E-state index is 5.84. The van der Waals surface area contributed by atoms with E-state index in [1.807, 2.05) is 30.1 Å². The van der Waals surface area contributed by atoms with Crippen molar-refractivity contribution in [3.8, 4) is 0 Å². The lowest BCUT2D eigenvalue weighted by Gasteiger charge is -1.95. The van der Waals surface area contributed by atoms with Gasteiger partial charge in [0.25, 0.3) is 0 Å². The van der Waals surface area contributed by atoms with Crippen LogP contribution in [0.1, 0.15) is 10.6 Å². The monoisotopic (exact) mass is 242 g/mol. The predicted octanol–water partition coefficient (Wildman–Crippen LogP) is 1.76. The molecule has 0 saturated carbocycles. The van der Waals surface area contributed by atoms with E-state index in [1.54, 1.807) is 11.3 Å². The molecule has 0 aromatic carbocycles. The molecule has 6 heteroatoms. The maximum absolute atomic E-state index is 5.84. The van der Waals surface area contributed by atoms with E-state index in [0.717, 1.165) is 23.1 Å². The molecule has 15 heavy (non-hydrogen) atoms. The summed E-state index contributed by atoms with van der Waals surface area (Å²) in [6.07, 6.45) is 1.93. The highest BCUT2D eigenvalue weighted by Crippen LogP contribution is 2.21. The van der Waals surface area contributed by atoms with Gasteiger partial charge >= 0.3 is 0 Å². The third kappa shape index (κ3) is 2.77. The van der Waals surface area contributed by atoms with Crippen molar-refractivity contribution in [2.75, 3.05) is 7.05 Å². The fourth-order valence-corrected chi connectivity index (χ4v) is 2.35. The lowest BCUT2D eigenvalue weighted by Crippen LogP contribution is -2.05. The average molecular weight is 243 g/mol. The van der Waals surface area contributed by atoms with Crippen LogP contribution in [0.2, 0.25) is 4.34 Å². The van der Waals surface area contributed by atoms with E-state index in [2.05, 4.69) is 15.6 Å². The zero-order valence-corrected chi connectivity index (χ0v) is 9.85. The Balaban J connectivity index is 2.04. The smallest absolute Gasteiger partial charge is 0.0964 e. The molecule has 0 aliphatic heterocycles. The van der Waals surface area contributed by atoms with Gasteiger partial charge in [-0.1, -0.05) is 16.8 Å². The van der Waals surface area contributed by atoms with Crippen LogP contribution in [0.3, 0.4) is 0 Å². The normalized spacial score (nSPS) is 10.8. The minimum atomic E-state index is 0.730. The molecule has 80 valence electrons. The number of halogens is 1.